The highest BCUT2D eigenvalue weighted by atomic mass is 79.9. The van der Waals surface area contributed by atoms with Crippen LogP contribution in [0.4, 0.5) is 5.69 Å². The molecule has 0 aliphatic carbocycles. The maximum Gasteiger partial charge on any atom is 0.0961 e. The molecule has 1 rings (SSSR count). The molecule has 4 heteroatoms. The minimum absolute atomic E-state index is 0.0217. The van der Waals surface area contributed by atoms with Gasteiger partial charge >= 0.3 is 0 Å². The van der Waals surface area contributed by atoms with Gasteiger partial charge < -0.3 is 5.73 Å². The lowest BCUT2D eigenvalue weighted by atomic mass is 10.3. The van der Waals surface area contributed by atoms with E-state index in [4.69, 9.17) is 11.0 Å². The van der Waals surface area contributed by atoms with Crippen LogP contribution in [0, 0.1) is 11.3 Å². The Balaban J connectivity index is 2.86. The van der Waals surface area contributed by atoms with Crippen LogP contribution in [0.1, 0.15) is 13.3 Å². The number of benzene rings is 1. The van der Waals surface area contributed by atoms with Gasteiger partial charge in [-0.1, -0.05) is 22.9 Å². The first-order valence-corrected chi connectivity index (χ1v) is 5.96. The molecule has 1 atom stereocenters. The zero-order valence-corrected chi connectivity index (χ0v) is 10.2. The lowest BCUT2D eigenvalue weighted by molar-refractivity contribution is 0.985. The summed E-state index contributed by atoms with van der Waals surface area (Å²) in [5, 5.41) is 8.80. The van der Waals surface area contributed by atoms with Crippen molar-refractivity contribution in [3.8, 4) is 6.07 Å². The van der Waals surface area contributed by atoms with Crippen LogP contribution in [-0.2, 0) is 0 Å². The highest BCUT2D eigenvalue weighted by Crippen LogP contribution is 2.32. The van der Waals surface area contributed by atoms with Crippen molar-refractivity contribution in [1.82, 2.24) is 0 Å². The lowest BCUT2D eigenvalue weighted by Crippen LogP contribution is -1.97. The Hall–Kier alpha value is -0.660. The van der Waals surface area contributed by atoms with E-state index in [1.54, 1.807) is 0 Å². The molecule has 0 fully saturated rings. The van der Waals surface area contributed by atoms with Crippen LogP contribution >= 0.6 is 27.7 Å². The van der Waals surface area contributed by atoms with E-state index in [1.165, 1.54) is 11.8 Å². The number of anilines is 1. The number of rotatable bonds is 3. The highest BCUT2D eigenvalue weighted by Gasteiger charge is 2.09. The van der Waals surface area contributed by atoms with Crippen molar-refractivity contribution in [2.24, 2.45) is 0 Å². The third-order valence-electron chi connectivity index (χ3n) is 1.76. The predicted octanol–water partition coefficient (Wildman–Crippen LogP) is 3.43. The van der Waals surface area contributed by atoms with E-state index < -0.39 is 0 Å². The van der Waals surface area contributed by atoms with Gasteiger partial charge in [-0.2, -0.15) is 5.26 Å². The Morgan fingerprint density at radius 1 is 1.64 bits per heavy atom. The quantitative estimate of drug-likeness (QED) is 0.676. The second-order valence-electron chi connectivity index (χ2n) is 2.83. The van der Waals surface area contributed by atoms with E-state index in [2.05, 4.69) is 22.0 Å². The molecular weight excluding hydrogens is 260 g/mol. The topological polar surface area (TPSA) is 49.8 Å². The van der Waals surface area contributed by atoms with Gasteiger partial charge in [-0.05, 0) is 24.6 Å². The lowest BCUT2D eigenvalue weighted by Gasteiger charge is -2.08. The van der Waals surface area contributed by atoms with Crippen molar-refractivity contribution in [1.29, 1.82) is 5.26 Å². The van der Waals surface area contributed by atoms with Crippen molar-refractivity contribution in [3.05, 3.63) is 22.7 Å². The zero-order chi connectivity index (χ0) is 10.6. The smallest absolute Gasteiger partial charge is 0.0961 e. The Labute approximate surface area is 96.6 Å². The number of hydrogen-bond donors (Lipinski definition) is 1. The summed E-state index contributed by atoms with van der Waals surface area (Å²) in [5.41, 5.74) is 6.52. The molecule has 0 aromatic heterocycles. The van der Waals surface area contributed by atoms with Gasteiger partial charge in [-0.3, -0.25) is 0 Å². The molecule has 14 heavy (non-hydrogen) atoms. The predicted molar refractivity (Wildman–Crippen MR) is 64.1 cm³/mol. The van der Waals surface area contributed by atoms with Crippen molar-refractivity contribution in [3.63, 3.8) is 0 Å². The second-order valence-corrected chi connectivity index (χ2v) is 4.99. The van der Waals surface area contributed by atoms with Gasteiger partial charge in [0, 0.05) is 15.1 Å². The summed E-state index contributed by atoms with van der Waals surface area (Å²) in [6.07, 6.45) is 0.827. The van der Waals surface area contributed by atoms with Crippen LogP contribution in [0.25, 0.3) is 0 Å². The van der Waals surface area contributed by atoms with E-state index in [0.29, 0.717) is 0 Å². The van der Waals surface area contributed by atoms with Gasteiger partial charge in [0.05, 0.1) is 11.3 Å². The molecule has 0 radical (unpaired) electrons. The third kappa shape index (κ3) is 2.93. The van der Waals surface area contributed by atoms with Gasteiger partial charge in [0.1, 0.15) is 0 Å². The summed E-state index contributed by atoms with van der Waals surface area (Å²) < 4.78 is 0.988. The summed E-state index contributed by atoms with van der Waals surface area (Å²) in [4.78, 5) is 0.966. The van der Waals surface area contributed by atoms with Crippen LogP contribution < -0.4 is 5.73 Å². The third-order valence-corrected chi connectivity index (χ3v) is 3.58. The normalized spacial score (nSPS) is 12.1. The van der Waals surface area contributed by atoms with Gasteiger partial charge in [-0.25, -0.2) is 0 Å². The van der Waals surface area contributed by atoms with Crippen molar-refractivity contribution in [2.45, 2.75) is 23.5 Å². The van der Waals surface area contributed by atoms with Gasteiger partial charge in [0.15, 0.2) is 0 Å². The second kappa shape index (κ2) is 5.28. The summed E-state index contributed by atoms with van der Waals surface area (Å²) >= 11 is 4.89. The van der Waals surface area contributed by atoms with E-state index in [1.807, 2.05) is 25.1 Å². The van der Waals surface area contributed by atoms with Crippen LogP contribution in [0.5, 0.6) is 0 Å². The van der Waals surface area contributed by atoms with Crippen molar-refractivity contribution < 1.29 is 0 Å². The Morgan fingerprint density at radius 2 is 2.36 bits per heavy atom. The molecule has 1 unspecified atom stereocenters. The molecule has 1 aromatic rings. The monoisotopic (exact) mass is 270 g/mol. The van der Waals surface area contributed by atoms with Crippen LogP contribution in [0.2, 0.25) is 0 Å². The molecule has 0 saturated heterocycles. The zero-order valence-electron chi connectivity index (χ0n) is 7.83. The molecule has 0 aliphatic heterocycles. The summed E-state index contributed by atoms with van der Waals surface area (Å²) in [7, 11) is 0. The molecule has 0 bridgehead atoms. The van der Waals surface area contributed by atoms with E-state index in [9.17, 15) is 0 Å². The summed E-state index contributed by atoms with van der Waals surface area (Å²) in [6.45, 7) is 2.00. The molecule has 2 nitrogen and oxygen atoms in total. The molecule has 0 saturated carbocycles. The van der Waals surface area contributed by atoms with Gasteiger partial charge in [0.25, 0.3) is 0 Å². The minimum atomic E-state index is -0.0217. The fourth-order valence-corrected chi connectivity index (χ4v) is 2.40. The molecule has 0 amide bonds. The maximum atomic E-state index is 8.82. The number of nitrogens with two attached hydrogens (primary N) is 1. The SMILES string of the molecule is CCC(C#N)Sc1cc(Br)ccc1N. The first-order valence-electron chi connectivity index (χ1n) is 4.28. The number of hydrogen-bond acceptors (Lipinski definition) is 3. The molecule has 0 spiro atoms. The largest absolute Gasteiger partial charge is 0.398 e. The van der Waals surface area contributed by atoms with Crippen LogP contribution in [-0.4, -0.2) is 5.25 Å². The number of halogens is 1. The Kier molecular flexibility index (Phi) is 4.30. The van der Waals surface area contributed by atoms with Crippen molar-refractivity contribution >= 4 is 33.4 Å². The average Bonchev–Trinajstić information content (AvgIpc) is 2.19. The van der Waals surface area contributed by atoms with E-state index in [-0.39, 0.29) is 5.25 Å². The number of nitrogens with zero attached hydrogens (tertiary/aromatic N) is 1. The average molecular weight is 271 g/mol. The summed E-state index contributed by atoms with van der Waals surface area (Å²) in [6, 6.07) is 7.92. The fourth-order valence-electron chi connectivity index (χ4n) is 0.965. The van der Waals surface area contributed by atoms with Gasteiger partial charge in [-0.15, -0.1) is 11.8 Å². The Bertz CT molecular complexity index is 360. The molecule has 1 aromatic carbocycles. The maximum absolute atomic E-state index is 8.82. The minimum Gasteiger partial charge on any atom is -0.398 e. The first-order chi connectivity index (χ1) is 6.67. The molecule has 0 heterocycles. The fraction of sp³-hybridized carbons (Fsp3) is 0.300. The molecule has 0 aliphatic rings. The van der Waals surface area contributed by atoms with E-state index in [0.717, 1.165) is 21.5 Å². The number of nitrogen functional groups attached to an aromatic ring is 1. The van der Waals surface area contributed by atoms with Gasteiger partial charge in [0.2, 0.25) is 0 Å². The molecule has 2 N–H and O–H groups in total. The highest BCUT2D eigenvalue weighted by molar-refractivity contribution is 9.10. The van der Waals surface area contributed by atoms with Crippen LogP contribution in [0.15, 0.2) is 27.6 Å². The number of thioether (sulfide) groups is 1. The van der Waals surface area contributed by atoms with E-state index >= 15 is 0 Å². The van der Waals surface area contributed by atoms with Crippen LogP contribution in [0.3, 0.4) is 0 Å². The summed E-state index contributed by atoms with van der Waals surface area (Å²) in [5.74, 6) is 0. The molecular formula is C10H11BrN2S. The molecule has 74 valence electrons. The van der Waals surface area contributed by atoms with Crippen molar-refractivity contribution in [2.75, 3.05) is 5.73 Å². The number of nitriles is 1. The Morgan fingerprint density at radius 3 is 2.93 bits per heavy atom. The standard InChI is InChI=1S/C10H11BrN2S/c1-2-8(6-12)14-10-5-7(11)3-4-9(10)13/h3-5,8H,2,13H2,1H3. The first kappa shape index (κ1) is 11.4.